The maximum atomic E-state index is 13.2. The Kier molecular flexibility index (Phi) is 6.61. The SMILES string of the molecule is CSCCCN1C[C@@H]2C[C@H](C1)c1ccc(CN(C)Cc3cccs3)c(=O)n1C2. The van der Waals surface area contributed by atoms with E-state index < -0.39 is 0 Å². The van der Waals surface area contributed by atoms with Crippen LogP contribution in [0, 0.1) is 5.92 Å². The van der Waals surface area contributed by atoms with Crippen molar-refractivity contribution in [1.29, 1.82) is 0 Å². The molecule has 4 rings (SSSR count). The van der Waals surface area contributed by atoms with Crippen LogP contribution in [0.2, 0.25) is 0 Å². The highest BCUT2D eigenvalue weighted by Gasteiger charge is 2.34. The average molecular weight is 418 g/mol. The highest BCUT2D eigenvalue weighted by molar-refractivity contribution is 7.98. The predicted molar refractivity (Wildman–Crippen MR) is 120 cm³/mol. The zero-order valence-electron chi connectivity index (χ0n) is 17.0. The molecule has 0 unspecified atom stereocenters. The molecule has 0 radical (unpaired) electrons. The summed E-state index contributed by atoms with van der Waals surface area (Å²) in [6, 6.07) is 8.58. The molecule has 2 aromatic heterocycles. The van der Waals surface area contributed by atoms with Crippen LogP contribution in [0.4, 0.5) is 0 Å². The molecule has 2 atom stereocenters. The summed E-state index contributed by atoms with van der Waals surface area (Å²) in [6.07, 6.45) is 4.70. The van der Waals surface area contributed by atoms with Gasteiger partial charge in [0.05, 0.1) is 0 Å². The van der Waals surface area contributed by atoms with Gasteiger partial charge in [0.1, 0.15) is 0 Å². The van der Waals surface area contributed by atoms with Crippen molar-refractivity contribution in [3.8, 4) is 0 Å². The number of nitrogens with zero attached hydrogens (tertiary/aromatic N) is 3. The third-order valence-corrected chi connectivity index (χ3v) is 7.59. The van der Waals surface area contributed by atoms with Gasteiger partial charge >= 0.3 is 0 Å². The molecule has 0 aliphatic carbocycles. The molecule has 0 amide bonds. The van der Waals surface area contributed by atoms with Crippen molar-refractivity contribution >= 4 is 23.1 Å². The van der Waals surface area contributed by atoms with Crippen molar-refractivity contribution < 1.29 is 0 Å². The van der Waals surface area contributed by atoms with Crippen molar-refractivity contribution in [3.05, 3.63) is 56.1 Å². The molecule has 1 saturated heterocycles. The van der Waals surface area contributed by atoms with E-state index in [0.29, 0.717) is 18.4 Å². The number of fused-ring (bicyclic) bond motifs is 4. The highest BCUT2D eigenvalue weighted by atomic mass is 32.2. The summed E-state index contributed by atoms with van der Waals surface area (Å²) in [7, 11) is 2.10. The molecular formula is C22H31N3OS2. The van der Waals surface area contributed by atoms with Crippen LogP contribution in [0.1, 0.15) is 34.9 Å². The highest BCUT2D eigenvalue weighted by Crippen LogP contribution is 2.35. The molecule has 28 heavy (non-hydrogen) atoms. The third-order valence-electron chi connectivity index (χ3n) is 6.03. The molecule has 2 aliphatic rings. The number of likely N-dealkylation sites (tertiary alicyclic amines) is 1. The van der Waals surface area contributed by atoms with E-state index in [2.05, 4.69) is 57.3 Å². The Morgan fingerprint density at radius 3 is 2.89 bits per heavy atom. The number of hydrogen-bond acceptors (Lipinski definition) is 5. The second kappa shape index (κ2) is 9.16. The summed E-state index contributed by atoms with van der Waals surface area (Å²) in [5.41, 5.74) is 2.43. The lowest BCUT2D eigenvalue weighted by atomic mass is 9.83. The monoisotopic (exact) mass is 417 g/mol. The minimum absolute atomic E-state index is 0.237. The van der Waals surface area contributed by atoms with E-state index in [9.17, 15) is 4.79 Å². The van der Waals surface area contributed by atoms with E-state index in [1.165, 1.54) is 35.7 Å². The number of rotatable bonds is 8. The van der Waals surface area contributed by atoms with Gasteiger partial charge in [0.25, 0.3) is 5.56 Å². The quantitative estimate of drug-likeness (QED) is 0.612. The molecule has 1 fully saturated rings. The first kappa shape index (κ1) is 20.2. The Bertz CT molecular complexity index is 833. The van der Waals surface area contributed by atoms with Crippen LogP contribution in [0.15, 0.2) is 34.4 Å². The Morgan fingerprint density at radius 2 is 2.11 bits per heavy atom. The largest absolute Gasteiger partial charge is 0.312 e. The molecule has 2 aliphatic heterocycles. The zero-order chi connectivity index (χ0) is 19.5. The van der Waals surface area contributed by atoms with Crippen LogP contribution in [0.5, 0.6) is 0 Å². The Labute approximate surface area is 176 Å². The normalized spacial score (nSPS) is 21.8. The fourth-order valence-electron chi connectivity index (χ4n) is 4.84. The number of thiophene rings is 1. The summed E-state index contributed by atoms with van der Waals surface area (Å²) >= 11 is 3.71. The fourth-order valence-corrected chi connectivity index (χ4v) is 6.04. The van der Waals surface area contributed by atoms with E-state index in [4.69, 9.17) is 0 Å². The summed E-state index contributed by atoms with van der Waals surface area (Å²) in [6.45, 7) is 5.97. The van der Waals surface area contributed by atoms with Crippen LogP contribution in [-0.2, 0) is 19.6 Å². The first-order chi connectivity index (χ1) is 13.6. The van der Waals surface area contributed by atoms with Crippen molar-refractivity contribution in [1.82, 2.24) is 14.4 Å². The predicted octanol–water partition coefficient (Wildman–Crippen LogP) is 3.71. The summed E-state index contributed by atoms with van der Waals surface area (Å²) < 4.78 is 2.10. The lowest BCUT2D eigenvalue weighted by Crippen LogP contribution is -2.47. The summed E-state index contributed by atoms with van der Waals surface area (Å²) in [5, 5.41) is 2.11. The Morgan fingerprint density at radius 1 is 1.21 bits per heavy atom. The maximum absolute atomic E-state index is 13.2. The molecule has 0 saturated carbocycles. The molecule has 0 spiro atoms. The van der Waals surface area contributed by atoms with E-state index >= 15 is 0 Å². The number of aromatic nitrogens is 1. The van der Waals surface area contributed by atoms with Gasteiger partial charge < -0.3 is 9.47 Å². The summed E-state index contributed by atoms with van der Waals surface area (Å²) in [5.74, 6) is 2.38. The number of thioether (sulfide) groups is 1. The second-order valence-corrected chi connectivity index (χ2v) is 10.4. The zero-order valence-corrected chi connectivity index (χ0v) is 18.6. The van der Waals surface area contributed by atoms with Gasteiger partial charge in [-0.05, 0) is 61.9 Å². The Hall–Kier alpha value is -1.08. The van der Waals surface area contributed by atoms with E-state index in [1.54, 1.807) is 11.3 Å². The Balaban J connectivity index is 1.46. The fraction of sp³-hybridized carbons (Fsp3) is 0.591. The third kappa shape index (κ3) is 4.56. The molecule has 4 heterocycles. The topological polar surface area (TPSA) is 28.5 Å². The van der Waals surface area contributed by atoms with Gasteiger partial charge in [-0.25, -0.2) is 0 Å². The van der Waals surface area contributed by atoms with Crippen molar-refractivity contribution in [2.75, 3.05) is 38.7 Å². The molecule has 152 valence electrons. The van der Waals surface area contributed by atoms with Gasteiger partial charge in [0.15, 0.2) is 0 Å². The first-order valence-corrected chi connectivity index (χ1v) is 12.6. The van der Waals surface area contributed by atoms with E-state index in [1.807, 2.05) is 11.8 Å². The van der Waals surface area contributed by atoms with Crippen LogP contribution in [0.25, 0.3) is 0 Å². The van der Waals surface area contributed by atoms with Crippen LogP contribution in [-0.4, -0.2) is 53.1 Å². The van der Waals surface area contributed by atoms with E-state index in [0.717, 1.165) is 31.7 Å². The van der Waals surface area contributed by atoms with Gasteiger partial charge in [0.2, 0.25) is 0 Å². The smallest absolute Gasteiger partial charge is 0.255 e. The molecule has 0 N–H and O–H groups in total. The lowest BCUT2D eigenvalue weighted by Gasteiger charge is -2.43. The van der Waals surface area contributed by atoms with Gasteiger partial charge in [-0.3, -0.25) is 9.69 Å². The molecule has 2 bridgehead atoms. The molecule has 6 heteroatoms. The molecule has 4 nitrogen and oxygen atoms in total. The minimum atomic E-state index is 0.237. The molecular weight excluding hydrogens is 386 g/mol. The van der Waals surface area contributed by atoms with Crippen molar-refractivity contribution in [2.45, 2.75) is 38.4 Å². The molecule has 2 aromatic rings. The minimum Gasteiger partial charge on any atom is -0.312 e. The van der Waals surface area contributed by atoms with Gasteiger partial charge in [-0.2, -0.15) is 11.8 Å². The summed E-state index contributed by atoms with van der Waals surface area (Å²) in [4.78, 5) is 19.4. The van der Waals surface area contributed by atoms with Gasteiger partial charge in [-0.1, -0.05) is 12.1 Å². The number of hydrogen-bond donors (Lipinski definition) is 0. The van der Waals surface area contributed by atoms with Crippen molar-refractivity contribution in [2.24, 2.45) is 5.92 Å². The average Bonchev–Trinajstić information content (AvgIpc) is 3.17. The maximum Gasteiger partial charge on any atom is 0.255 e. The number of pyridine rings is 1. The van der Waals surface area contributed by atoms with Crippen molar-refractivity contribution in [3.63, 3.8) is 0 Å². The van der Waals surface area contributed by atoms with Crippen LogP contribution < -0.4 is 5.56 Å². The van der Waals surface area contributed by atoms with Gasteiger partial charge in [-0.15, -0.1) is 11.3 Å². The van der Waals surface area contributed by atoms with Gasteiger partial charge in [0, 0.05) is 54.8 Å². The standard InChI is InChI=1S/C22H31N3OS2/c1-23(16-20-5-3-10-28-20)14-18-6-7-21-19-11-17(13-25(21)22(18)26)12-24(15-19)8-4-9-27-2/h3,5-7,10,17,19H,4,8-9,11-16H2,1-2H3/t17-,19+/m0/s1. The second-order valence-electron chi connectivity index (χ2n) is 8.36. The molecule has 0 aromatic carbocycles. The number of piperidine rings is 1. The first-order valence-electron chi connectivity index (χ1n) is 10.3. The van der Waals surface area contributed by atoms with E-state index in [-0.39, 0.29) is 5.56 Å². The van der Waals surface area contributed by atoms with Crippen LogP contribution >= 0.6 is 23.1 Å². The van der Waals surface area contributed by atoms with Crippen LogP contribution in [0.3, 0.4) is 0 Å². The lowest BCUT2D eigenvalue weighted by molar-refractivity contribution is 0.120.